The van der Waals surface area contributed by atoms with Gasteiger partial charge in [-0.25, -0.2) is 4.39 Å². The fraction of sp³-hybridized carbons (Fsp3) is 0. The van der Waals surface area contributed by atoms with E-state index in [2.05, 4.69) is 0 Å². The molecule has 0 radical (unpaired) electrons. The van der Waals surface area contributed by atoms with Gasteiger partial charge >= 0.3 is 0 Å². The predicted octanol–water partition coefficient (Wildman–Crippen LogP) is 3.55. The van der Waals surface area contributed by atoms with E-state index in [9.17, 15) is 4.39 Å². The van der Waals surface area contributed by atoms with Gasteiger partial charge in [-0.1, -0.05) is 11.8 Å². The van der Waals surface area contributed by atoms with Crippen LogP contribution in [-0.2, 0) is 0 Å². The van der Waals surface area contributed by atoms with Crippen molar-refractivity contribution in [1.29, 1.82) is 5.26 Å². The number of hydrogen-bond donors (Lipinski definition) is 1. The minimum Gasteiger partial charge on any atom is -0.508 e. The van der Waals surface area contributed by atoms with E-state index < -0.39 is 5.82 Å². The van der Waals surface area contributed by atoms with Gasteiger partial charge in [0.15, 0.2) is 0 Å². The van der Waals surface area contributed by atoms with Crippen molar-refractivity contribution >= 4 is 11.8 Å². The molecule has 0 spiro atoms. The van der Waals surface area contributed by atoms with Crippen LogP contribution in [-0.4, -0.2) is 5.11 Å². The third kappa shape index (κ3) is 2.77. The summed E-state index contributed by atoms with van der Waals surface area (Å²) < 4.78 is 12.9. The van der Waals surface area contributed by atoms with Crippen LogP contribution in [0.1, 0.15) is 5.56 Å². The van der Waals surface area contributed by atoms with Crippen molar-refractivity contribution in [2.45, 2.75) is 9.79 Å². The summed E-state index contributed by atoms with van der Waals surface area (Å²) in [4.78, 5) is 1.57. The molecule has 0 unspecified atom stereocenters. The highest BCUT2D eigenvalue weighted by Gasteiger charge is 2.05. The maximum atomic E-state index is 12.9. The number of aromatic hydroxyl groups is 1. The van der Waals surface area contributed by atoms with Crippen LogP contribution in [0.25, 0.3) is 0 Å². The summed E-state index contributed by atoms with van der Waals surface area (Å²) in [5.74, 6) is -0.231. The summed E-state index contributed by atoms with van der Waals surface area (Å²) in [6, 6.07) is 12.7. The fourth-order valence-electron chi connectivity index (χ4n) is 1.32. The zero-order valence-electron chi connectivity index (χ0n) is 8.72. The van der Waals surface area contributed by atoms with E-state index in [1.165, 1.54) is 23.9 Å². The van der Waals surface area contributed by atoms with Crippen molar-refractivity contribution < 1.29 is 9.50 Å². The average Bonchev–Trinajstić information content (AvgIpc) is 2.34. The van der Waals surface area contributed by atoms with Crippen LogP contribution >= 0.6 is 11.8 Å². The van der Waals surface area contributed by atoms with Gasteiger partial charge in [-0.15, -0.1) is 0 Å². The molecule has 0 aliphatic rings. The number of phenols is 1. The number of halogens is 1. The molecular formula is C13H8FNOS. The Balaban J connectivity index is 2.30. The zero-order chi connectivity index (χ0) is 12.3. The maximum absolute atomic E-state index is 12.9. The number of nitrogens with zero attached hydrogens (tertiary/aromatic N) is 1. The summed E-state index contributed by atoms with van der Waals surface area (Å²) in [5, 5.41) is 18.0. The molecule has 0 bridgehead atoms. The average molecular weight is 245 g/mol. The highest BCUT2D eigenvalue weighted by atomic mass is 32.2. The van der Waals surface area contributed by atoms with Crippen LogP contribution in [0.2, 0.25) is 0 Å². The molecule has 84 valence electrons. The lowest BCUT2D eigenvalue weighted by Crippen LogP contribution is -1.83. The molecule has 2 nitrogen and oxygen atoms in total. The van der Waals surface area contributed by atoms with E-state index in [1.807, 2.05) is 6.07 Å². The van der Waals surface area contributed by atoms with E-state index in [0.717, 1.165) is 4.90 Å². The van der Waals surface area contributed by atoms with Crippen LogP contribution in [0, 0.1) is 17.1 Å². The van der Waals surface area contributed by atoms with Crippen LogP contribution in [0.3, 0.4) is 0 Å². The Kier molecular flexibility index (Phi) is 3.31. The zero-order valence-corrected chi connectivity index (χ0v) is 9.54. The second kappa shape index (κ2) is 4.89. The molecule has 0 saturated heterocycles. The number of benzene rings is 2. The van der Waals surface area contributed by atoms with Crippen molar-refractivity contribution in [3.05, 3.63) is 53.8 Å². The molecule has 4 heteroatoms. The molecule has 2 aromatic carbocycles. The van der Waals surface area contributed by atoms with Crippen molar-refractivity contribution in [2.24, 2.45) is 0 Å². The number of nitriles is 1. The van der Waals surface area contributed by atoms with Gasteiger partial charge in [0.05, 0.1) is 5.56 Å². The SMILES string of the molecule is N#Cc1cc(F)ccc1Sc1ccc(O)cc1. The van der Waals surface area contributed by atoms with Crippen molar-refractivity contribution in [2.75, 3.05) is 0 Å². The molecular weight excluding hydrogens is 237 g/mol. The second-order valence-electron chi connectivity index (χ2n) is 3.35. The van der Waals surface area contributed by atoms with Gasteiger partial charge in [0.2, 0.25) is 0 Å². The first kappa shape index (κ1) is 11.5. The third-order valence-electron chi connectivity index (χ3n) is 2.13. The maximum Gasteiger partial charge on any atom is 0.124 e. The Morgan fingerprint density at radius 2 is 1.82 bits per heavy atom. The van der Waals surface area contributed by atoms with Gasteiger partial charge in [-0.05, 0) is 42.5 Å². The highest BCUT2D eigenvalue weighted by Crippen LogP contribution is 2.31. The summed E-state index contributed by atoms with van der Waals surface area (Å²) in [6.45, 7) is 0. The lowest BCUT2D eigenvalue weighted by atomic mass is 10.2. The van der Waals surface area contributed by atoms with Crippen LogP contribution < -0.4 is 0 Å². The molecule has 17 heavy (non-hydrogen) atoms. The molecule has 0 amide bonds. The Hall–Kier alpha value is -1.99. The topological polar surface area (TPSA) is 44.0 Å². The predicted molar refractivity (Wildman–Crippen MR) is 63.3 cm³/mol. The lowest BCUT2D eigenvalue weighted by Gasteiger charge is -2.04. The molecule has 1 N–H and O–H groups in total. The number of phenolic OH excluding ortho intramolecular Hbond substituents is 1. The standard InChI is InChI=1S/C13H8FNOS/c14-10-1-6-13(9(7-10)8-15)17-12-4-2-11(16)3-5-12/h1-7,16H. The summed E-state index contributed by atoms with van der Waals surface area (Å²) in [6.07, 6.45) is 0. The second-order valence-corrected chi connectivity index (χ2v) is 4.46. The summed E-state index contributed by atoms with van der Waals surface area (Å²) >= 11 is 1.36. The quantitative estimate of drug-likeness (QED) is 0.879. The van der Waals surface area contributed by atoms with Gasteiger partial charge in [-0.3, -0.25) is 0 Å². The van der Waals surface area contributed by atoms with Crippen LogP contribution in [0.4, 0.5) is 4.39 Å². The monoisotopic (exact) mass is 245 g/mol. The first-order valence-corrected chi connectivity index (χ1v) is 5.67. The Labute approximate surface area is 102 Å². The molecule has 0 atom stereocenters. The van der Waals surface area contributed by atoms with Gasteiger partial charge in [0.25, 0.3) is 0 Å². The number of rotatable bonds is 2. The minimum absolute atomic E-state index is 0.189. The van der Waals surface area contributed by atoms with Gasteiger partial charge in [-0.2, -0.15) is 5.26 Å². The van der Waals surface area contributed by atoms with Gasteiger partial charge < -0.3 is 5.11 Å². The number of hydrogen-bond acceptors (Lipinski definition) is 3. The van der Waals surface area contributed by atoms with Crippen molar-refractivity contribution in [1.82, 2.24) is 0 Å². The van der Waals surface area contributed by atoms with Crippen molar-refractivity contribution in [3.63, 3.8) is 0 Å². The summed E-state index contributed by atoms with van der Waals surface area (Å²) in [5.41, 5.74) is 0.308. The van der Waals surface area contributed by atoms with E-state index >= 15 is 0 Å². The Bertz CT molecular complexity index is 575. The Morgan fingerprint density at radius 3 is 2.47 bits per heavy atom. The minimum atomic E-state index is -0.420. The normalized spacial score (nSPS) is 9.88. The summed E-state index contributed by atoms with van der Waals surface area (Å²) in [7, 11) is 0. The van der Waals surface area contributed by atoms with Crippen LogP contribution in [0.5, 0.6) is 5.75 Å². The first-order chi connectivity index (χ1) is 8.19. The van der Waals surface area contributed by atoms with Crippen LogP contribution in [0.15, 0.2) is 52.3 Å². The van der Waals surface area contributed by atoms with Gasteiger partial charge in [0, 0.05) is 9.79 Å². The Morgan fingerprint density at radius 1 is 1.12 bits per heavy atom. The molecule has 0 aliphatic carbocycles. The van der Waals surface area contributed by atoms with E-state index in [0.29, 0.717) is 10.5 Å². The van der Waals surface area contributed by atoms with Gasteiger partial charge in [0.1, 0.15) is 17.6 Å². The van der Waals surface area contributed by atoms with E-state index in [1.54, 1.807) is 30.3 Å². The van der Waals surface area contributed by atoms with E-state index in [4.69, 9.17) is 10.4 Å². The van der Waals surface area contributed by atoms with E-state index in [-0.39, 0.29) is 5.75 Å². The molecule has 2 aromatic rings. The third-order valence-corrected chi connectivity index (χ3v) is 3.21. The van der Waals surface area contributed by atoms with Crippen molar-refractivity contribution in [3.8, 4) is 11.8 Å². The molecule has 0 aromatic heterocycles. The fourth-order valence-corrected chi connectivity index (χ4v) is 2.20. The smallest absolute Gasteiger partial charge is 0.124 e. The largest absolute Gasteiger partial charge is 0.508 e. The molecule has 0 aliphatic heterocycles. The molecule has 0 saturated carbocycles. The molecule has 0 fully saturated rings. The first-order valence-electron chi connectivity index (χ1n) is 4.85. The molecule has 2 rings (SSSR count). The highest BCUT2D eigenvalue weighted by molar-refractivity contribution is 7.99. The lowest BCUT2D eigenvalue weighted by molar-refractivity contribution is 0.475. The molecule has 0 heterocycles.